The Balaban J connectivity index is 0.000000191. The number of amides is 10. The van der Waals surface area contributed by atoms with Crippen LogP contribution in [0.5, 0.6) is 0 Å². The molecule has 4 aromatic carbocycles. The van der Waals surface area contributed by atoms with Gasteiger partial charge >= 0.3 is 53.8 Å². The number of fused-ring (bicyclic) bond motifs is 4. The van der Waals surface area contributed by atoms with E-state index in [0.717, 1.165) is 9.80 Å². The number of hydrogen-bond acceptors (Lipinski definition) is 20. The van der Waals surface area contributed by atoms with Crippen molar-refractivity contribution in [3.05, 3.63) is 142 Å². The number of nitrogens with one attached hydrogen (secondary N) is 1. The molecule has 0 aromatic heterocycles. The smallest absolute Gasteiger partial charge is 0.346 e. The first-order valence-corrected chi connectivity index (χ1v) is 24.2. The lowest BCUT2D eigenvalue weighted by molar-refractivity contribution is -0.167. The highest BCUT2D eigenvalue weighted by Gasteiger charge is 2.47. The summed E-state index contributed by atoms with van der Waals surface area (Å²) in [5, 5.41) is 36.2. The van der Waals surface area contributed by atoms with Crippen molar-refractivity contribution < 1.29 is 111 Å². The molecule has 11 N–H and O–H groups in total. The van der Waals surface area contributed by atoms with E-state index < -0.39 is 126 Å². The lowest BCUT2D eigenvalue weighted by atomic mass is 10.0. The van der Waals surface area contributed by atoms with Gasteiger partial charge in [-0.05, 0) is 74.2 Å². The molecule has 0 bridgehead atoms. The van der Waals surface area contributed by atoms with Crippen LogP contribution in [0.3, 0.4) is 0 Å². The van der Waals surface area contributed by atoms with Gasteiger partial charge in [-0.25, -0.2) is 24.0 Å². The highest BCUT2D eigenvalue weighted by Crippen LogP contribution is 2.30. The maximum atomic E-state index is 12.2. The lowest BCUT2D eigenvalue weighted by Gasteiger charge is -2.27. The van der Waals surface area contributed by atoms with Gasteiger partial charge in [0.15, 0.2) is 0 Å². The van der Waals surface area contributed by atoms with Crippen molar-refractivity contribution >= 4 is 101 Å². The van der Waals surface area contributed by atoms with Crippen LogP contribution in [0.2, 0.25) is 0 Å². The third-order valence-corrected chi connectivity index (χ3v) is 12.2. The van der Waals surface area contributed by atoms with Crippen LogP contribution in [-0.4, -0.2) is 160 Å². The predicted molar refractivity (Wildman–Crippen MR) is 272 cm³/mol. The number of benzene rings is 4. The molecule has 30 heteroatoms. The Morgan fingerprint density at radius 2 is 0.843 bits per heavy atom. The third kappa shape index (κ3) is 15.1. The normalized spacial score (nSPS) is 17.7. The molecular weight excluding hydrogens is 1100 g/mol. The van der Waals surface area contributed by atoms with Crippen molar-refractivity contribution in [1.82, 2.24) is 20.0 Å². The summed E-state index contributed by atoms with van der Waals surface area (Å²) in [6.45, 7) is 0. The summed E-state index contributed by atoms with van der Waals surface area (Å²) >= 11 is 0. The molecule has 83 heavy (non-hydrogen) atoms. The molecule has 0 saturated carbocycles. The summed E-state index contributed by atoms with van der Waals surface area (Å²) in [5.41, 5.74) is 15.7. The van der Waals surface area contributed by atoms with Gasteiger partial charge in [-0.1, -0.05) is 48.5 Å². The number of carboxylic acid groups (broad SMARTS) is 4. The number of nitrogens with zero attached hydrogens (tertiary/aromatic N) is 3. The van der Waals surface area contributed by atoms with E-state index in [9.17, 15) is 76.7 Å². The monoisotopic (exact) mass is 1150 g/mol. The highest BCUT2D eigenvalue weighted by molar-refractivity contribution is 6.25. The van der Waals surface area contributed by atoms with Crippen LogP contribution < -0.4 is 22.5 Å². The zero-order chi connectivity index (χ0) is 61.6. The van der Waals surface area contributed by atoms with Gasteiger partial charge in [-0.15, -0.1) is 0 Å². The van der Waals surface area contributed by atoms with E-state index in [4.69, 9.17) is 31.0 Å². The first kappa shape index (κ1) is 62.7. The van der Waals surface area contributed by atoms with Gasteiger partial charge in [0.1, 0.15) is 24.2 Å². The van der Waals surface area contributed by atoms with Gasteiger partial charge in [0, 0.05) is 25.7 Å². The van der Waals surface area contributed by atoms with Crippen LogP contribution in [0, 0.1) is 0 Å². The van der Waals surface area contributed by atoms with E-state index in [-0.39, 0.29) is 73.1 Å². The maximum Gasteiger partial charge on any atom is 0.346 e. The average molecular weight is 1150 g/mol. The molecule has 4 atom stereocenters. The molecule has 4 aromatic rings. The first-order chi connectivity index (χ1) is 39.2. The molecule has 4 unspecified atom stereocenters. The SMILES string of the molecule is NC(CCC(=O)O)C(=O)O.NC(N)=O.O=C(O)CCC(C(=O)O)N1C(=O)c2ccccc2C1=O.O=C1CCC(N2C(=O)c3ccccc3C2=O)C(=O)N1.O=C1CCC(N2C(=O)c3ccccc3C2=O)C(=O)O1.O=C1OC(=O)c2ccccc21. The minimum absolute atomic E-state index is 0.0177. The van der Waals surface area contributed by atoms with Gasteiger partial charge in [-0.3, -0.25) is 77.6 Å². The fourth-order valence-corrected chi connectivity index (χ4v) is 8.30. The molecule has 0 aliphatic carbocycles. The second kappa shape index (κ2) is 27.6. The number of cyclic esters (lactones) is 4. The first-order valence-electron chi connectivity index (χ1n) is 24.2. The number of rotatable bonds is 11. The Kier molecular flexibility index (Phi) is 20.9. The van der Waals surface area contributed by atoms with Gasteiger partial charge in [0.25, 0.3) is 35.4 Å². The fraction of sp³-hybridized carbons (Fsp3) is 0.226. The second-order valence-corrected chi connectivity index (χ2v) is 17.7. The molecule has 6 heterocycles. The molecule has 2 fully saturated rings. The lowest BCUT2D eigenvalue weighted by Crippen LogP contribution is -2.54. The Morgan fingerprint density at radius 1 is 0.494 bits per heavy atom. The van der Waals surface area contributed by atoms with Gasteiger partial charge in [0.2, 0.25) is 11.8 Å². The number of hydrogen-bond donors (Lipinski definition) is 8. The summed E-state index contributed by atoms with van der Waals surface area (Å²) in [7, 11) is 0. The molecular formula is C53H47N7O23. The zero-order valence-corrected chi connectivity index (χ0v) is 42.8. The van der Waals surface area contributed by atoms with E-state index in [2.05, 4.69) is 26.3 Å². The van der Waals surface area contributed by atoms with E-state index in [0.29, 0.717) is 27.2 Å². The molecule has 0 spiro atoms. The molecule has 30 nitrogen and oxygen atoms in total. The van der Waals surface area contributed by atoms with Crippen LogP contribution in [0.25, 0.3) is 0 Å². The Bertz CT molecular complexity index is 3160. The van der Waals surface area contributed by atoms with E-state index >= 15 is 0 Å². The van der Waals surface area contributed by atoms with Crippen molar-refractivity contribution in [1.29, 1.82) is 0 Å². The molecule has 2 saturated heterocycles. The van der Waals surface area contributed by atoms with Crippen molar-refractivity contribution in [2.24, 2.45) is 17.2 Å². The summed E-state index contributed by atoms with van der Waals surface area (Å²) in [6, 6.07) is 20.1. The van der Waals surface area contributed by atoms with Crippen molar-refractivity contribution in [3.63, 3.8) is 0 Å². The molecule has 6 aliphatic heterocycles. The van der Waals surface area contributed by atoms with Crippen molar-refractivity contribution in [2.75, 3.05) is 0 Å². The van der Waals surface area contributed by atoms with E-state index in [1.54, 1.807) is 72.8 Å². The highest BCUT2D eigenvalue weighted by atomic mass is 16.6. The molecule has 10 amide bonds. The van der Waals surface area contributed by atoms with Crippen LogP contribution in [-0.2, 0) is 47.8 Å². The largest absolute Gasteiger partial charge is 0.481 e. The number of nitrogens with two attached hydrogens (primary N) is 3. The number of piperidine rings is 1. The van der Waals surface area contributed by atoms with Gasteiger partial charge in [-0.2, -0.15) is 0 Å². The van der Waals surface area contributed by atoms with Crippen LogP contribution in [0.4, 0.5) is 4.79 Å². The van der Waals surface area contributed by atoms with Crippen molar-refractivity contribution in [2.45, 2.75) is 75.5 Å². The summed E-state index contributed by atoms with van der Waals surface area (Å²) in [6.07, 6.45) is -0.550. The topological polar surface area (TPSA) is 489 Å². The number of aliphatic carboxylic acids is 4. The molecule has 6 aliphatic rings. The molecule has 10 rings (SSSR count). The minimum Gasteiger partial charge on any atom is -0.481 e. The zero-order valence-electron chi connectivity index (χ0n) is 42.8. The maximum absolute atomic E-state index is 12.2. The van der Waals surface area contributed by atoms with Gasteiger partial charge in [0.05, 0.1) is 44.5 Å². The molecule has 0 radical (unpaired) electrons. The number of urea groups is 1. The summed E-state index contributed by atoms with van der Waals surface area (Å²) in [5.74, 6) is -11.7. The van der Waals surface area contributed by atoms with E-state index in [1.165, 1.54) is 24.3 Å². The average Bonchev–Trinajstić information content (AvgIpc) is 4.17. The number of esters is 4. The van der Waals surface area contributed by atoms with Crippen LogP contribution >= 0.6 is 0 Å². The van der Waals surface area contributed by atoms with Gasteiger partial charge < -0.3 is 47.1 Å². The van der Waals surface area contributed by atoms with E-state index in [1.807, 2.05) is 0 Å². The quantitative estimate of drug-likeness (QED) is 0.0575. The Labute approximate surface area is 465 Å². The molecule has 432 valence electrons. The number of carboxylic acids is 4. The third-order valence-electron chi connectivity index (χ3n) is 12.2. The number of carbonyl (C=O) groups excluding carboxylic acids is 13. The Hall–Kier alpha value is -11.2. The minimum atomic E-state index is -1.47. The van der Waals surface area contributed by atoms with Crippen LogP contribution in [0.1, 0.15) is 134 Å². The number of primary amides is 2. The second-order valence-electron chi connectivity index (χ2n) is 17.7. The van der Waals surface area contributed by atoms with Crippen molar-refractivity contribution in [3.8, 4) is 0 Å². The number of carbonyl (C=O) groups is 17. The Morgan fingerprint density at radius 3 is 1.19 bits per heavy atom. The fourth-order valence-electron chi connectivity index (χ4n) is 8.30. The standard InChI is InChI=1S/C13H10N2O4.C13H11NO6.C13H9NO5.C8H4O3.C5H9NO4.CH4N2O/c16-10-6-5-9(11(17)14-10)15-12(18)7-3-1-2-4-8(7)13(15)19;15-10(16)6-5-9(13(19)20)14-11(17)7-3-1-2-4-8(7)12(14)18;15-10-6-5-9(13(18)19-10)14-11(16)7-3-1-2-4-8(7)12(14)17;9-7-5-3-1-2-4-6(5)8(10)11-7;6-3(5(9)10)1-2-4(7)8;2-1(3)4/h1-4,9H,5-6H2,(H,14,16,17);1-4,9H,5-6H2,(H,15,16)(H,19,20);1-4,9H,5-6H2;1-4H;3H,1-2,6H2,(H,7,8)(H,9,10);(H4,2,3,4). The predicted octanol–water partition coefficient (Wildman–Crippen LogP) is 0.487. The van der Waals surface area contributed by atoms with Crippen LogP contribution in [0.15, 0.2) is 97.1 Å². The number of ether oxygens (including phenoxy) is 2. The number of imide groups is 4. The summed E-state index contributed by atoms with van der Waals surface area (Å²) < 4.78 is 8.84. The summed E-state index contributed by atoms with van der Waals surface area (Å²) in [4.78, 5) is 193.